The molecule has 4 nitrogen and oxygen atoms in total. The maximum Gasteiger partial charge on any atom is 0.253 e. The van der Waals surface area contributed by atoms with Crippen molar-refractivity contribution in [3.05, 3.63) is 53.6 Å². The number of H-pyrrole nitrogens is 1. The summed E-state index contributed by atoms with van der Waals surface area (Å²) in [4.78, 5) is 22.8. The second-order valence-corrected chi connectivity index (χ2v) is 6.49. The first-order chi connectivity index (χ1) is 11.7. The van der Waals surface area contributed by atoms with Gasteiger partial charge >= 0.3 is 0 Å². The first kappa shape index (κ1) is 14.9. The van der Waals surface area contributed by atoms with Gasteiger partial charge in [-0.05, 0) is 56.0 Å². The van der Waals surface area contributed by atoms with Crippen molar-refractivity contribution in [2.75, 3.05) is 13.1 Å². The van der Waals surface area contributed by atoms with Crippen LogP contribution in [0.2, 0.25) is 0 Å². The molecule has 0 unspecified atom stereocenters. The number of nitrogens with zero attached hydrogens (tertiary/aromatic N) is 2. The molecule has 4 rings (SSSR count). The fourth-order valence-electron chi connectivity index (χ4n) is 3.37. The molecule has 1 fully saturated rings. The van der Waals surface area contributed by atoms with E-state index in [2.05, 4.69) is 16.9 Å². The van der Waals surface area contributed by atoms with Gasteiger partial charge in [0.25, 0.3) is 5.91 Å². The predicted molar refractivity (Wildman–Crippen MR) is 96.0 cm³/mol. The summed E-state index contributed by atoms with van der Waals surface area (Å²) in [6.07, 6.45) is 3.43. The van der Waals surface area contributed by atoms with Crippen LogP contribution in [-0.2, 0) is 0 Å². The van der Waals surface area contributed by atoms with E-state index in [4.69, 9.17) is 0 Å². The number of hydrogen-bond acceptors (Lipinski definition) is 2. The number of aromatic amines is 1. The molecule has 1 amide bonds. The average Bonchev–Trinajstić information content (AvgIpc) is 3.06. The van der Waals surface area contributed by atoms with E-state index in [1.807, 2.05) is 47.4 Å². The van der Waals surface area contributed by atoms with Crippen molar-refractivity contribution in [2.24, 2.45) is 0 Å². The summed E-state index contributed by atoms with van der Waals surface area (Å²) in [5.41, 5.74) is 4.82. The van der Waals surface area contributed by atoms with E-state index in [-0.39, 0.29) is 5.91 Å². The number of rotatable bonds is 2. The van der Waals surface area contributed by atoms with Crippen LogP contribution in [0.25, 0.3) is 22.4 Å². The zero-order valence-corrected chi connectivity index (χ0v) is 13.9. The number of carbonyl (C=O) groups is 1. The fraction of sp³-hybridized carbons (Fsp3) is 0.300. The van der Waals surface area contributed by atoms with Crippen molar-refractivity contribution in [3.8, 4) is 11.4 Å². The molecular formula is C20H21N3O. The lowest BCUT2D eigenvalue weighted by Crippen LogP contribution is -2.35. The molecule has 0 aliphatic carbocycles. The van der Waals surface area contributed by atoms with Gasteiger partial charge in [0.2, 0.25) is 0 Å². The number of benzene rings is 2. The molecule has 1 saturated heterocycles. The van der Waals surface area contributed by atoms with Gasteiger partial charge in [-0.15, -0.1) is 0 Å². The fourth-order valence-corrected chi connectivity index (χ4v) is 3.37. The highest BCUT2D eigenvalue weighted by molar-refractivity contribution is 5.96. The van der Waals surface area contributed by atoms with Crippen LogP contribution < -0.4 is 0 Å². The van der Waals surface area contributed by atoms with E-state index in [0.717, 1.165) is 59.5 Å². The van der Waals surface area contributed by atoms with Crippen molar-refractivity contribution in [1.82, 2.24) is 14.9 Å². The number of fused-ring (bicyclic) bond motifs is 1. The van der Waals surface area contributed by atoms with Crippen molar-refractivity contribution in [1.29, 1.82) is 0 Å². The van der Waals surface area contributed by atoms with Gasteiger partial charge < -0.3 is 9.88 Å². The summed E-state index contributed by atoms with van der Waals surface area (Å²) >= 11 is 0. The van der Waals surface area contributed by atoms with Crippen LogP contribution in [0.15, 0.2) is 42.5 Å². The van der Waals surface area contributed by atoms with E-state index in [1.54, 1.807) is 0 Å². The molecule has 3 aromatic rings. The van der Waals surface area contributed by atoms with Gasteiger partial charge in [0.15, 0.2) is 0 Å². The molecule has 4 heteroatoms. The summed E-state index contributed by atoms with van der Waals surface area (Å²) in [6.45, 7) is 3.79. The van der Waals surface area contributed by atoms with E-state index in [0.29, 0.717) is 0 Å². The number of imidazole rings is 1. The van der Waals surface area contributed by atoms with Crippen molar-refractivity contribution < 1.29 is 4.79 Å². The Labute approximate surface area is 141 Å². The Morgan fingerprint density at radius 2 is 1.88 bits per heavy atom. The molecule has 2 aromatic carbocycles. The molecule has 0 bridgehead atoms. The van der Waals surface area contributed by atoms with E-state index in [1.165, 1.54) is 6.42 Å². The third-order valence-corrected chi connectivity index (χ3v) is 4.77. The monoisotopic (exact) mass is 319 g/mol. The van der Waals surface area contributed by atoms with Crippen LogP contribution in [0.3, 0.4) is 0 Å². The number of hydrogen-bond donors (Lipinski definition) is 1. The van der Waals surface area contributed by atoms with Gasteiger partial charge in [0.05, 0.1) is 11.0 Å². The molecule has 1 aliphatic heterocycles. The Balaban J connectivity index is 1.71. The van der Waals surface area contributed by atoms with Crippen LogP contribution in [0.4, 0.5) is 0 Å². The molecule has 2 heterocycles. The minimum Gasteiger partial charge on any atom is -0.339 e. The second-order valence-electron chi connectivity index (χ2n) is 6.49. The number of aryl methyl sites for hydroxylation is 1. The van der Waals surface area contributed by atoms with Crippen molar-refractivity contribution >= 4 is 16.9 Å². The number of para-hydroxylation sites is 2. The lowest BCUT2D eigenvalue weighted by atomic mass is 10.0. The van der Waals surface area contributed by atoms with Crippen LogP contribution in [0.5, 0.6) is 0 Å². The summed E-state index contributed by atoms with van der Waals surface area (Å²) in [5, 5.41) is 0. The molecule has 0 atom stereocenters. The maximum absolute atomic E-state index is 12.8. The highest BCUT2D eigenvalue weighted by atomic mass is 16.2. The molecule has 1 aliphatic rings. The zero-order chi connectivity index (χ0) is 16.5. The molecule has 1 aromatic heterocycles. The quantitative estimate of drug-likeness (QED) is 0.771. The SMILES string of the molecule is Cc1ccc(C(=O)N2CCCCC2)cc1-c1nc2ccccc2[nH]1. The standard InChI is InChI=1S/C20H21N3O/c1-14-9-10-15(20(24)23-11-5-2-6-12-23)13-16(14)19-21-17-7-3-4-8-18(17)22-19/h3-4,7-10,13H,2,5-6,11-12H2,1H3,(H,21,22). The van der Waals surface area contributed by atoms with Gasteiger partial charge in [-0.2, -0.15) is 0 Å². The van der Waals surface area contributed by atoms with Crippen molar-refractivity contribution in [3.63, 3.8) is 0 Å². The number of carbonyl (C=O) groups excluding carboxylic acids is 1. The van der Waals surface area contributed by atoms with Crippen molar-refractivity contribution in [2.45, 2.75) is 26.2 Å². The minimum atomic E-state index is 0.132. The molecule has 0 saturated carbocycles. The Bertz CT molecular complexity index is 858. The topological polar surface area (TPSA) is 49.0 Å². The van der Waals surface area contributed by atoms with Gasteiger partial charge in [0.1, 0.15) is 5.82 Å². The Morgan fingerprint density at radius 3 is 2.67 bits per heavy atom. The molecule has 122 valence electrons. The average molecular weight is 319 g/mol. The first-order valence-corrected chi connectivity index (χ1v) is 8.57. The van der Waals surface area contributed by atoms with Crippen LogP contribution in [0.1, 0.15) is 35.2 Å². The molecule has 1 N–H and O–H groups in total. The number of piperidine rings is 1. The molecular weight excluding hydrogens is 298 g/mol. The maximum atomic E-state index is 12.8. The summed E-state index contributed by atoms with van der Waals surface area (Å²) in [7, 11) is 0. The van der Waals surface area contributed by atoms with Crippen LogP contribution in [-0.4, -0.2) is 33.9 Å². The lowest BCUT2D eigenvalue weighted by Gasteiger charge is -2.27. The minimum absolute atomic E-state index is 0.132. The van der Waals surface area contributed by atoms with E-state index in [9.17, 15) is 4.79 Å². The second kappa shape index (κ2) is 6.11. The Kier molecular flexibility index (Phi) is 3.81. The van der Waals surface area contributed by atoms with Crippen LogP contribution in [0, 0.1) is 6.92 Å². The normalized spacial score (nSPS) is 15.0. The molecule has 0 radical (unpaired) electrons. The summed E-state index contributed by atoms with van der Waals surface area (Å²) in [5.74, 6) is 0.953. The number of likely N-dealkylation sites (tertiary alicyclic amines) is 1. The van der Waals surface area contributed by atoms with Gasteiger partial charge in [-0.3, -0.25) is 4.79 Å². The Morgan fingerprint density at radius 1 is 1.08 bits per heavy atom. The predicted octanol–water partition coefficient (Wildman–Crippen LogP) is 4.16. The largest absolute Gasteiger partial charge is 0.339 e. The van der Waals surface area contributed by atoms with E-state index >= 15 is 0 Å². The first-order valence-electron chi connectivity index (χ1n) is 8.57. The van der Waals surface area contributed by atoms with E-state index < -0.39 is 0 Å². The highest BCUT2D eigenvalue weighted by Gasteiger charge is 2.19. The van der Waals surface area contributed by atoms with Gasteiger partial charge in [-0.1, -0.05) is 18.2 Å². The number of aromatic nitrogens is 2. The third kappa shape index (κ3) is 2.68. The highest BCUT2D eigenvalue weighted by Crippen LogP contribution is 2.25. The molecule has 0 spiro atoms. The molecule has 24 heavy (non-hydrogen) atoms. The van der Waals surface area contributed by atoms with Gasteiger partial charge in [0, 0.05) is 24.2 Å². The number of amides is 1. The lowest BCUT2D eigenvalue weighted by molar-refractivity contribution is 0.0724. The Hall–Kier alpha value is -2.62. The van der Waals surface area contributed by atoms with Gasteiger partial charge in [-0.25, -0.2) is 4.98 Å². The summed E-state index contributed by atoms with van der Waals surface area (Å²) in [6, 6.07) is 13.9. The summed E-state index contributed by atoms with van der Waals surface area (Å²) < 4.78 is 0. The van der Waals surface area contributed by atoms with Crippen LogP contribution >= 0.6 is 0 Å². The smallest absolute Gasteiger partial charge is 0.253 e. The number of nitrogens with one attached hydrogen (secondary N) is 1. The zero-order valence-electron chi connectivity index (χ0n) is 13.9. The third-order valence-electron chi connectivity index (χ3n) is 4.77.